The fourth-order valence-electron chi connectivity index (χ4n) is 4.62. The van der Waals surface area contributed by atoms with E-state index in [2.05, 4.69) is 45.0 Å². The first kappa shape index (κ1) is 16.3. The predicted octanol–water partition coefficient (Wildman–Crippen LogP) is 3.91. The Morgan fingerprint density at radius 1 is 1.20 bits per heavy atom. The second-order valence-electron chi connectivity index (χ2n) is 8.29. The van der Waals surface area contributed by atoms with Crippen molar-refractivity contribution in [3.63, 3.8) is 0 Å². The van der Waals surface area contributed by atoms with Crippen LogP contribution in [0.15, 0.2) is 0 Å². The van der Waals surface area contributed by atoms with Crippen LogP contribution in [0.5, 0.6) is 0 Å². The average molecular weight is 281 g/mol. The molecule has 1 aliphatic carbocycles. The molecule has 3 unspecified atom stereocenters. The molecule has 0 aromatic carbocycles. The highest BCUT2D eigenvalue weighted by Gasteiger charge is 2.36. The Labute approximate surface area is 126 Å². The maximum atomic E-state index is 3.98. The van der Waals surface area contributed by atoms with Crippen LogP contribution in [0.25, 0.3) is 0 Å². The van der Waals surface area contributed by atoms with Crippen LogP contribution >= 0.6 is 0 Å². The first-order chi connectivity index (χ1) is 9.42. The summed E-state index contributed by atoms with van der Waals surface area (Å²) in [5.74, 6) is 1.62. The van der Waals surface area contributed by atoms with Gasteiger partial charge in [-0.1, -0.05) is 33.6 Å². The van der Waals surface area contributed by atoms with Crippen LogP contribution in [0, 0.1) is 17.3 Å². The highest BCUT2D eigenvalue weighted by molar-refractivity contribution is 4.92. The minimum absolute atomic E-state index is 0.612. The maximum absolute atomic E-state index is 3.98. The topological polar surface area (TPSA) is 15.3 Å². The number of nitrogens with zero attached hydrogens (tertiary/aromatic N) is 1. The van der Waals surface area contributed by atoms with Crippen molar-refractivity contribution in [3.05, 3.63) is 0 Å². The van der Waals surface area contributed by atoms with E-state index in [1.54, 1.807) is 0 Å². The van der Waals surface area contributed by atoms with Crippen LogP contribution in [0.1, 0.15) is 66.2 Å². The summed E-state index contributed by atoms with van der Waals surface area (Å²) in [5.41, 5.74) is 0.612. The highest BCUT2D eigenvalue weighted by atomic mass is 15.2. The lowest BCUT2D eigenvalue weighted by atomic mass is 9.78. The zero-order valence-corrected chi connectivity index (χ0v) is 14.4. The Bertz CT molecular complexity index is 294. The van der Waals surface area contributed by atoms with E-state index in [-0.39, 0.29) is 0 Å². The van der Waals surface area contributed by atoms with Gasteiger partial charge in [0.1, 0.15) is 0 Å². The molecule has 0 aromatic heterocycles. The third-order valence-corrected chi connectivity index (χ3v) is 5.86. The first-order valence-electron chi connectivity index (χ1n) is 8.85. The molecule has 0 radical (unpaired) electrons. The lowest BCUT2D eigenvalue weighted by molar-refractivity contribution is 0.108. The summed E-state index contributed by atoms with van der Waals surface area (Å²) in [4.78, 5) is 2.52. The van der Waals surface area contributed by atoms with Gasteiger partial charge in [0.05, 0.1) is 0 Å². The summed E-state index contributed by atoms with van der Waals surface area (Å²) in [6.45, 7) is 12.1. The Kier molecular flexibility index (Phi) is 5.53. The Morgan fingerprint density at radius 3 is 2.45 bits per heavy atom. The van der Waals surface area contributed by atoms with Crippen LogP contribution < -0.4 is 5.32 Å². The quantitative estimate of drug-likeness (QED) is 0.821. The third-order valence-electron chi connectivity index (χ3n) is 5.86. The Morgan fingerprint density at radius 2 is 1.85 bits per heavy atom. The summed E-state index contributed by atoms with van der Waals surface area (Å²) in [6, 6.07) is 1.46. The van der Waals surface area contributed by atoms with E-state index in [1.165, 1.54) is 51.6 Å². The molecule has 0 aromatic rings. The molecular weight excluding hydrogens is 244 g/mol. The van der Waals surface area contributed by atoms with Gasteiger partial charge in [-0.2, -0.15) is 0 Å². The minimum atomic E-state index is 0.612. The number of piperidine rings is 1. The molecular formula is C18H36N2. The van der Waals surface area contributed by atoms with Gasteiger partial charge >= 0.3 is 0 Å². The summed E-state index contributed by atoms with van der Waals surface area (Å²) < 4.78 is 0. The second-order valence-corrected chi connectivity index (χ2v) is 8.29. The largest absolute Gasteiger partial charge is 0.313 e. The van der Waals surface area contributed by atoms with Gasteiger partial charge in [-0.3, -0.25) is 0 Å². The third kappa shape index (κ3) is 3.98. The van der Waals surface area contributed by atoms with Crippen LogP contribution in [0.4, 0.5) is 0 Å². The molecule has 3 atom stereocenters. The van der Waals surface area contributed by atoms with Gasteiger partial charge in [-0.05, 0) is 56.9 Å². The number of likely N-dealkylation sites (tertiary alicyclic amines) is 1. The molecule has 2 fully saturated rings. The average Bonchev–Trinajstić information content (AvgIpc) is 2.80. The Hall–Kier alpha value is -0.0800. The molecule has 1 heterocycles. The van der Waals surface area contributed by atoms with Gasteiger partial charge in [0.15, 0.2) is 0 Å². The van der Waals surface area contributed by atoms with E-state index in [4.69, 9.17) is 0 Å². The number of hydrogen-bond donors (Lipinski definition) is 1. The smallest absolute Gasteiger partial charge is 0.0120 e. The van der Waals surface area contributed by atoms with Crippen molar-refractivity contribution >= 4 is 0 Å². The van der Waals surface area contributed by atoms with Crippen molar-refractivity contribution in [2.24, 2.45) is 17.3 Å². The molecule has 118 valence electrons. The summed E-state index contributed by atoms with van der Waals surface area (Å²) in [7, 11) is 2.27. The molecule has 1 saturated carbocycles. The lowest BCUT2D eigenvalue weighted by Gasteiger charge is -2.42. The standard InChI is InChI=1S/C18H36N2/c1-14(2)11-18(8-6-7-9-18)13-19-17-10-16(4)20(5)12-15(17)3/h14-17,19H,6-13H2,1-5H3. The summed E-state index contributed by atoms with van der Waals surface area (Å²) >= 11 is 0. The SMILES string of the molecule is CC(C)CC1(CNC2CC(C)N(C)CC2C)CCCC1. The molecule has 2 heteroatoms. The molecule has 2 aliphatic rings. The van der Waals surface area contributed by atoms with E-state index in [0.717, 1.165) is 23.9 Å². The monoisotopic (exact) mass is 280 g/mol. The van der Waals surface area contributed by atoms with Crippen molar-refractivity contribution in [1.82, 2.24) is 10.2 Å². The molecule has 1 aliphatic heterocycles. The van der Waals surface area contributed by atoms with Crippen molar-refractivity contribution < 1.29 is 0 Å². The molecule has 20 heavy (non-hydrogen) atoms. The highest BCUT2D eigenvalue weighted by Crippen LogP contribution is 2.43. The van der Waals surface area contributed by atoms with Crippen LogP contribution in [-0.4, -0.2) is 37.1 Å². The minimum Gasteiger partial charge on any atom is -0.313 e. The van der Waals surface area contributed by atoms with Crippen LogP contribution in [0.3, 0.4) is 0 Å². The predicted molar refractivity (Wildman–Crippen MR) is 88.0 cm³/mol. The van der Waals surface area contributed by atoms with Crippen molar-refractivity contribution in [3.8, 4) is 0 Å². The van der Waals surface area contributed by atoms with Gasteiger partial charge in [-0.15, -0.1) is 0 Å². The second kappa shape index (κ2) is 6.79. The number of rotatable bonds is 5. The molecule has 2 rings (SSSR count). The van der Waals surface area contributed by atoms with Gasteiger partial charge in [0, 0.05) is 25.2 Å². The van der Waals surface area contributed by atoms with E-state index < -0.39 is 0 Å². The lowest BCUT2D eigenvalue weighted by Crippen LogP contribution is -2.52. The van der Waals surface area contributed by atoms with Crippen molar-refractivity contribution in [1.29, 1.82) is 0 Å². The fourth-order valence-corrected chi connectivity index (χ4v) is 4.62. The van der Waals surface area contributed by atoms with Gasteiger partial charge in [0.2, 0.25) is 0 Å². The van der Waals surface area contributed by atoms with Gasteiger partial charge in [0.25, 0.3) is 0 Å². The number of hydrogen-bond acceptors (Lipinski definition) is 2. The van der Waals surface area contributed by atoms with Crippen molar-refractivity contribution in [2.45, 2.75) is 78.3 Å². The molecule has 0 bridgehead atoms. The van der Waals surface area contributed by atoms with Crippen LogP contribution in [0.2, 0.25) is 0 Å². The maximum Gasteiger partial charge on any atom is 0.0120 e. The van der Waals surface area contributed by atoms with E-state index in [1.807, 2.05) is 0 Å². The summed E-state index contributed by atoms with van der Waals surface area (Å²) in [5, 5.41) is 3.98. The molecule has 1 N–H and O–H groups in total. The number of nitrogens with one attached hydrogen (secondary N) is 1. The van der Waals surface area contributed by atoms with Gasteiger partial charge < -0.3 is 10.2 Å². The zero-order chi connectivity index (χ0) is 14.8. The molecule has 0 spiro atoms. The molecule has 0 amide bonds. The van der Waals surface area contributed by atoms with Crippen molar-refractivity contribution in [2.75, 3.05) is 20.1 Å². The van der Waals surface area contributed by atoms with E-state index in [0.29, 0.717) is 5.41 Å². The van der Waals surface area contributed by atoms with E-state index in [9.17, 15) is 0 Å². The zero-order valence-electron chi connectivity index (χ0n) is 14.4. The molecule has 2 nitrogen and oxygen atoms in total. The summed E-state index contributed by atoms with van der Waals surface area (Å²) in [6.07, 6.45) is 8.54. The normalized spacial score (nSPS) is 34.8. The van der Waals surface area contributed by atoms with E-state index >= 15 is 0 Å². The van der Waals surface area contributed by atoms with Crippen LogP contribution in [-0.2, 0) is 0 Å². The molecule has 1 saturated heterocycles. The first-order valence-corrected chi connectivity index (χ1v) is 8.85. The fraction of sp³-hybridized carbons (Fsp3) is 1.00. The van der Waals surface area contributed by atoms with Gasteiger partial charge in [-0.25, -0.2) is 0 Å². The Balaban J connectivity index is 1.89.